The van der Waals surface area contributed by atoms with E-state index in [-0.39, 0.29) is 11.8 Å². The number of primary amides is 1. The number of nitrogens with two attached hydrogens (primary N) is 2. The second-order valence-corrected chi connectivity index (χ2v) is 8.02. The number of carbonyl (C=O) groups is 1. The van der Waals surface area contributed by atoms with Crippen LogP contribution in [0.2, 0.25) is 0 Å². The van der Waals surface area contributed by atoms with Crippen molar-refractivity contribution in [3.63, 3.8) is 0 Å². The Balaban J connectivity index is 0.000000191. The molecule has 2 aliphatic rings. The van der Waals surface area contributed by atoms with Gasteiger partial charge in [0, 0.05) is 5.92 Å². The van der Waals surface area contributed by atoms with Crippen molar-refractivity contribution in [2.45, 2.75) is 66.2 Å². The Kier molecular flexibility index (Phi) is 5.43. The van der Waals surface area contributed by atoms with Crippen LogP contribution in [0.4, 0.5) is 0 Å². The van der Waals surface area contributed by atoms with Gasteiger partial charge in [-0.2, -0.15) is 0 Å². The summed E-state index contributed by atoms with van der Waals surface area (Å²) in [7, 11) is 0. The fourth-order valence-corrected chi connectivity index (χ4v) is 3.46. The zero-order valence-corrected chi connectivity index (χ0v) is 13.2. The molecule has 0 aromatic rings. The van der Waals surface area contributed by atoms with Crippen molar-refractivity contribution in [3.05, 3.63) is 0 Å². The van der Waals surface area contributed by atoms with Crippen molar-refractivity contribution in [1.29, 1.82) is 0 Å². The summed E-state index contributed by atoms with van der Waals surface area (Å²) >= 11 is 0. The molecule has 4 N–H and O–H groups in total. The smallest absolute Gasteiger partial charge is 0.220 e. The van der Waals surface area contributed by atoms with Gasteiger partial charge in [-0.05, 0) is 61.8 Å². The maximum Gasteiger partial charge on any atom is 0.220 e. The highest BCUT2D eigenvalue weighted by molar-refractivity contribution is 5.76. The predicted octanol–water partition coefficient (Wildman–Crippen LogP) is 3.07. The lowest BCUT2D eigenvalue weighted by Crippen LogP contribution is -2.21. The van der Waals surface area contributed by atoms with E-state index in [1.165, 1.54) is 19.3 Å². The van der Waals surface area contributed by atoms with E-state index in [4.69, 9.17) is 11.5 Å². The summed E-state index contributed by atoms with van der Waals surface area (Å²) < 4.78 is 0. The van der Waals surface area contributed by atoms with Crippen LogP contribution in [0.1, 0.15) is 66.2 Å². The van der Waals surface area contributed by atoms with Gasteiger partial charge >= 0.3 is 0 Å². The van der Waals surface area contributed by atoms with Crippen LogP contribution in [0, 0.1) is 22.7 Å². The second kappa shape index (κ2) is 6.25. The summed E-state index contributed by atoms with van der Waals surface area (Å²) in [5.74, 6) is 0.848. The van der Waals surface area contributed by atoms with Gasteiger partial charge in [-0.3, -0.25) is 4.79 Å². The van der Waals surface area contributed by atoms with Crippen LogP contribution in [0.5, 0.6) is 0 Å². The molecule has 1 amide bonds. The number of hydrogen-bond acceptors (Lipinski definition) is 2. The van der Waals surface area contributed by atoms with E-state index in [0.717, 1.165) is 31.7 Å². The van der Waals surface area contributed by atoms with Crippen LogP contribution in [-0.4, -0.2) is 12.5 Å². The number of carbonyl (C=O) groups excluding carboxylic acids is 1. The first-order valence-corrected chi connectivity index (χ1v) is 7.65. The van der Waals surface area contributed by atoms with Gasteiger partial charge in [-0.1, -0.05) is 27.7 Å². The summed E-state index contributed by atoms with van der Waals surface area (Å²) in [5, 5.41) is 0. The summed E-state index contributed by atoms with van der Waals surface area (Å²) in [6, 6.07) is 0. The topological polar surface area (TPSA) is 69.1 Å². The summed E-state index contributed by atoms with van der Waals surface area (Å²) in [4.78, 5) is 10.7. The normalized spacial score (nSPS) is 31.6. The third-order valence-corrected chi connectivity index (χ3v) is 4.77. The largest absolute Gasteiger partial charge is 0.369 e. The van der Waals surface area contributed by atoms with Gasteiger partial charge in [0.25, 0.3) is 0 Å². The summed E-state index contributed by atoms with van der Waals surface area (Å²) in [5.41, 5.74) is 11.7. The van der Waals surface area contributed by atoms with Gasteiger partial charge in [-0.15, -0.1) is 0 Å². The molecule has 0 aromatic heterocycles. The van der Waals surface area contributed by atoms with Crippen molar-refractivity contribution in [1.82, 2.24) is 0 Å². The lowest BCUT2D eigenvalue weighted by atomic mass is 9.90. The molecule has 0 aliphatic heterocycles. The molecule has 0 bridgehead atoms. The van der Waals surface area contributed by atoms with Crippen LogP contribution in [0.3, 0.4) is 0 Å². The standard InChI is InChI=1S/C8H15NO.C8H17N/c1-8(2)4-3-6(5-8)7(9)10;1-8(2)4-3-7(5-8)6-9/h6H,3-5H2,1-2H3,(H2,9,10);7H,3-6,9H2,1-2H3. The number of hydrogen-bond donors (Lipinski definition) is 2. The molecular weight excluding hydrogens is 236 g/mol. The Morgan fingerprint density at radius 2 is 1.58 bits per heavy atom. The summed E-state index contributed by atoms with van der Waals surface area (Å²) in [6.45, 7) is 9.95. The molecule has 112 valence electrons. The maximum atomic E-state index is 10.7. The molecule has 2 saturated carbocycles. The average Bonchev–Trinajstić information content (AvgIpc) is 2.82. The van der Waals surface area contributed by atoms with E-state index in [2.05, 4.69) is 27.7 Å². The van der Waals surface area contributed by atoms with Crippen molar-refractivity contribution >= 4 is 5.91 Å². The van der Waals surface area contributed by atoms with Gasteiger partial charge in [-0.25, -0.2) is 0 Å². The van der Waals surface area contributed by atoms with E-state index < -0.39 is 0 Å². The monoisotopic (exact) mass is 268 g/mol. The molecule has 2 unspecified atom stereocenters. The molecule has 3 heteroatoms. The molecule has 0 heterocycles. The fraction of sp³-hybridized carbons (Fsp3) is 0.938. The number of amides is 1. The molecule has 2 aliphatic carbocycles. The first-order chi connectivity index (χ1) is 8.65. The zero-order chi connectivity index (χ0) is 14.7. The zero-order valence-electron chi connectivity index (χ0n) is 13.2. The van der Waals surface area contributed by atoms with E-state index >= 15 is 0 Å². The highest BCUT2D eigenvalue weighted by atomic mass is 16.1. The Labute approximate surface area is 118 Å². The van der Waals surface area contributed by atoms with Crippen LogP contribution in [0.25, 0.3) is 0 Å². The number of rotatable bonds is 2. The second-order valence-electron chi connectivity index (χ2n) is 8.02. The molecule has 0 radical (unpaired) electrons. The SMILES string of the molecule is CC1(C)CCC(C(N)=O)C1.CC1(C)CCC(CN)C1. The van der Waals surface area contributed by atoms with E-state index in [0.29, 0.717) is 10.8 Å². The quantitative estimate of drug-likeness (QED) is 0.808. The third kappa shape index (κ3) is 5.52. The Bertz CT molecular complexity index is 310. The molecule has 0 aromatic carbocycles. The third-order valence-electron chi connectivity index (χ3n) is 4.77. The molecule has 2 rings (SSSR count). The highest BCUT2D eigenvalue weighted by Crippen LogP contribution is 2.40. The molecule has 3 nitrogen and oxygen atoms in total. The van der Waals surface area contributed by atoms with E-state index in [1.807, 2.05) is 0 Å². The lowest BCUT2D eigenvalue weighted by molar-refractivity contribution is -0.121. The first kappa shape index (κ1) is 16.5. The predicted molar refractivity (Wildman–Crippen MR) is 80.5 cm³/mol. The van der Waals surface area contributed by atoms with Crippen molar-refractivity contribution in [2.75, 3.05) is 6.54 Å². The van der Waals surface area contributed by atoms with Crippen molar-refractivity contribution in [2.24, 2.45) is 34.1 Å². The highest BCUT2D eigenvalue weighted by Gasteiger charge is 2.33. The lowest BCUT2D eigenvalue weighted by Gasteiger charge is -2.15. The Morgan fingerprint density at radius 1 is 1.05 bits per heavy atom. The van der Waals surface area contributed by atoms with Crippen molar-refractivity contribution < 1.29 is 4.79 Å². The van der Waals surface area contributed by atoms with Gasteiger partial charge in [0.1, 0.15) is 0 Å². The minimum absolute atomic E-state index is 0.120. The maximum absolute atomic E-state index is 10.7. The van der Waals surface area contributed by atoms with E-state index in [9.17, 15) is 4.79 Å². The van der Waals surface area contributed by atoms with Crippen LogP contribution in [-0.2, 0) is 4.79 Å². The first-order valence-electron chi connectivity index (χ1n) is 7.65. The van der Waals surface area contributed by atoms with Crippen molar-refractivity contribution in [3.8, 4) is 0 Å². The van der Waals surface area contributed by atoms with Gasteiger partial charge in [0.15, 0.2) is 0 Å². The summed E-state index contributed by atoms with van der Waals surface area (Å²) in [6.07, 6.45) is 7.16. The van der Waals surface area contributed by atoms with Crippen LogP contribution >= 0.6 is 0 Å². The molecule has 2 atom stereocenters. The minimum atomic E-state index is -0.120. The Hall–Kier alpha value is -0.570. The van der Waals surface area contributed by atoms with Crippen LogP contribution in [0.15, 0.2) is 0 Å². The molecular formula is C16H32N2O. The molecule has 2 fully saturated rings. The average molecular weight is 268 g/mol. The molecule has 0 saturated heterocycles. The fourth-order valence-electron chi connectivity index (χ4n) is 3.46. The van der Waals surface area contributed by atoms with Gasteiger partial charge in [0.2, 0.25) is 5.91 Å². The van der Waals surface area contributed by atoms with Crippen LogP contribution < -0.4 is 11.5 Å². The Morgan fingerprint density at radius 3 is 1.79 bits per heavy atom. The van der Waals surface area contributed by atoms with Gasteiger partial charge < -0.3 is 11.5 Å². The van der Waals surface area contributed by atoms with E-state index in [1.54, 1.807) is 0 Å². The molecule has 0 spiro atoms. The molecule has 19 heavy (non-hydrogen) atoms. The minimum Gasteiger partial charge on any atom is -0.369 e. The van der Waals surface area contributed by atoms with Gasteiger partial charge in [0.05, 0.1) is 0 Å².